The van der Waals surface area contributed by atoms with Crippen molar-refractivity contribution in [3.05, 3.63) is 53.6 Å². The minimum Gasteiger partial charge on any atom is -0.497 e. The summed E-state index contributed by atoms with van der Waals surface area (Å²) in [7, 11) is 3.69. The Morgan fingerprint density at radius 1 is 1.21 bits per heavy atom. The lowest BCUT2D eigenvalue weighted by atomic mass is 9.98. The molecule has 0 bridgehead atoms. The van der Waals surface area contributed by atoms with Gasteiger partial charge in [0.25, 0.3) is 5.91 Å². The summed E-state index contributed by atoms with van der Waals surface area (Å²) >= 11 is 0. The van der Waals surface area contributed by atoms with Crippen LogP contribution < -0.4 is 14.8 Å². The van der Waals surface area contributed by atoms with Gasteiger partial charge in [0, 0.05) is 44.7 Å². The summed E-state index contributed by atoms with van der Waals surface area (Å²) in [6.45, 7) is 6.64. The van der Waals surface area contributed by atoms with Crippen molar-refractivity contribution in [2.24, 2.45) is 11.8 Å². The third-order valence-corrected chi connectivity index (χ3v) is 7.64. The highest BCUT2D eigenvalue weighted by Crippen LogP contribution is 2.35. The van der Waals surface area contributed by atoms with E-state index in [-0.39, 0.29) is 42.4 Å². The smallest absolute Gasteiger partial charge is 0.258 e. The van der Waals surface area contributed by atoms with Gasteiger partial charge in [-0.05, 0) is 56.6 Å². The fourth-order valence-corrected chi connectivity index (χ4v) is 5.17. The van der Waals surface area contributed by atoms with Gasteiger partial charge in [0.15, 0.2) is 5.75 Å². The van der Waals surface area contributed by atoms with Crippen molar-refractivity contribution in [2.75, 3.05) is 52.4 Å². The van der Waals surface area contributed by atoms with Gasteiger partial charge in [0.1, 0.15) is 11.9 Å². The van der Waals surface area contributed by atoms with Gasteiger partial charge in [-0.25, -0.2) is 0 Å². The molecule has 2 N–H and O–H groups in total. The Morgan fingerprint density at radius 2 is 1.92 bits per heavy atom. The normalized spacial score (nSPS) is 21.0. The lowest BCUT2D eigenvalue weighted by Crippen LogP contribution is -2.49. The molecule has 2 aromatic rings. The number of amides is 2. The first-order chi connectivity index (χ1) is 18.8. The molecule has 0 aromatic heterocycles. The molecule has 2 heterocycles. The number of fused-ring (bicyclic) bond motifs is 1. The van der Waals surface area contributed by atoms with Crippen LogP contribution in [0.5, 0.6) is 11.5 Å². The summed E-state index contributed by atoms with van der Waals surface area (Å²) in [5, 5.41) is 13.0. The van der Waals surface area contributed by atoms with Crippen LogP contribution in [0.1, 0.15) is 42.6 Å². The fraction of sp³-hybridized carbons (Fsp3) is 0.533. The van der Waals surface area contributed by atoms with E-state index in [2.05, 4.69) is 17.1 Å². The summed E-state index contributed by atoms with van der Waals surface area (Å²) in [6, 6.07) is 12.9. The minimum absolute atomic E-state index is 0.0336. The molecule has 2 aromatic carbocycles. The van der Waals surface area contributed by atoms with Gasteiger partial charge in [0.2, 0.25) is 5.91 Å². The van der Waals surface area contributed by atoms with Crippen molar-refractivity contribution >= 4 is 17.5 Å². The summed E-state index contributed by atoms with van der Waals surface area (Å²) in [6.07, 6.45) is 1.06. The Balaban J connectivity index is 1.61. The number of nitrogens with zero attached hydrogens (tertiary/aromatic N) is 2. The summed E-state index contributed by atoms with van der Waals surface area (Å²) in [5.74, 6) is 0.710. The van der Waals surface area contributed by atoms with Crippen molar-refractivity contribution in [2.45, 2.75) is 45.4 Å². The van der Waals surface area contributed by atoms with Crippen LogP contribution in [0.3, 0.4) is 0 Å². The molecule has 212 valence electrons. The molecule has 9 nitrogen and oxygen atoms in total. The Bertz CT molecular complexity index is 1120. The Kier molecular flexibility index (Phi) is 9.83. The number of rotatable bonds is 9. The van der Waals surface area contributed by atoms with Crippen LogP contribution in [0.2, 0.25) is 0 Å². The molecule has 9 heteroatoms. The number of hydrogen-bond donors (Lipinski definition) is 2. The molecule has 4 rings (SSSR count). The number of anilines is 1. The van der Waals surface area contributed by atoms with Crippen LogP contribution in [0.15, 0.2) is 42.5 Å². The lowest BCUT2D eigenvalue weighted by Gasteiger charge is -2.38. The van der Waals surface area contributed by atoms with Gasteiger partial charge in [-0.15, -0.1) is 0 Å². The van der Waals surface area contributed by atoms with Crippen LogP contribution >= 0.6 is 0 Å². The average Bonchev–Trinajstić information content (AvgIpc) is 2.95. The van der Waals surface area contributed by atoms with Crippen molar-refractivity contribution < 1.29 is 28.9 Å². The average molecular weight is 540 g/mol. The number of carbonyl (C=O) groups excluding carboxylic acids is 2. The second-order valence-electron chi connectivity index (χ2n) is 10.7. The van der Waals surface area contributed by atoms with Crippen LogP contribution in [-0.2, 0) is 16.1 Å². The van der Waals surface area contributed by atoms with E-state index >= 15 is 0 Å². The van der Waals surface area contributed by atoms with Gasteiger partial charge in [-0.2, -0.15) is 0 Å². The molecule has 0 aliphatic carbocycles. The summed E-state index contributed by atoms with van der Waals surface area (Å²) < 4.78 is 17.3. The number of carbonyl (C=O) groups is 2. The number of hydrogen-bond acceptors (Lipinski definition) is 7. The van der Waals surface area contributed by atoms with Gasteiger partial charge in [-0.1, -0.05) is 25.1 Å². The van der Waals surface area contributed by atoms with E-state index in [1.54, 1.807) is 30.2 Å². The molecule has 0 spiro atoms. The van der Waals surface area contributed by atoms with Crippen molar-refractivity contribution in [3.8, 4) is 11.5 Å². The molecular weight excluding hydrogens is 498 g/mol. The van der Waals surface area contributed by atoms with Crippen LogP contribution in [-0.4, -0.2) is 85.9 Å². The van der Waals surface area contributed by atoms with E-state index in [0.717, 1.165) is 11.3 Å². The number of aliphatic hydroxyl groups is 1. The molecule has 3 atom stereocenters. The summed E-state index contributed by atoms with van der Waals surface area (Å²) in [5.41, 5.74) is 2.02. The van der Waals surface area contributed by atoms with E-state index in [1.807, 2.05) is 38.2 Å². The predicted molar refractivity (Wildman–Crippen MR) is 149 cm³/mol. The van der Waals surface area contributed by atoms with Crippen LogP contribution in [0, 0.1) is 11.8 Å². The van der Waals surface area contributed by atoms with Crippen LogP contribution in [0.4, 0.5) is 5.69 Å². The number of nitrogens with one attached hydrogen (secondary N) is 1. The maximum atomic E-state index is 13.7. The Hall–Kier alpha value is -3.14. The van der Waals surface area contributed by atoms with E-state index in [1.165, 1.54) is 0 Å². The number of likely N-dealkylation sites (N-methyl/N-ethyl adjacent to an activating group) is 1. The molecular formula is C30H41N3O6. The molecule has 0 radical (unpaired) electrons. The molecule has 39 heavy (non-hydrogen) atoms. The molecule has 0 unspecified atom stereocenters. The second-order valence-corrected chi connectivity index (χ2v) is 10.7. The van der Waals surface area contributed by atoms with E-state index in [9.17, 15) is 14.7 Å². The van der Waals surface area contributed by atoms with Gasteiger partial charge in [0.05, 0.1) is 31.0 Å². The number of aliphatic hydroxyl groups excluding tert-OH is 1. The van der Waals surface area contributed by atoms with Gasteiger partial charge in [-0.3, -0.25) is 14.5 Å². The third kappa shape index (κ3) is 7.09. The van der Waals surface area contributed by atoms with Crippen LogP contribution in [0.25, 0.3) is 0 Å². The molecule has 1 fully saturated rings. The van der Waals surface area contributed by atoms with E-state index < -0.39 is 0 Å². The first-order valence-corrected chi connectivity index (χ1v) is 13.7. The molecule has 2 aliphatic rings. The Morgan fingerprint density at radius 3 is 2.59 bits per heavy atom. The third-order valence-electron chi connectivity index (χ3n) is 7.64. The minimum atomic E-state index is -0.357. The number of para-hydroxylation sites is 1. The maximum Gasteiger partial charge on any atom is 0.258 e. The SMILES string of the molecule is COc1ccc(CN(C)C[C@@H]2Oc3c(NC(=O)C4CCOCC4)cccc3C(=O)N([C@H](C)CO)C[C@H]2C)cc1. The Labute approximate surface area is 231 Å². The highest BCUT2D eigenvalue weighted by atomic mass is 16.5. The zero-order valence-corrected chi connectivity index (χ0v) is 23.4. The van der Waals surface area contributed by atoms with Crippen molar-refractivity contribution in [1.29, 1.82) is 0 Å². The van der Waals surface area contributed by atoms with E-state index in [4.69, 9.17) is 14.2 Å². The zero-order chi connectivity index (χ0) is 27.9. The highest BCUT2D eigenvalue weighted by Gasteiger charge is 2.35. The first kappa shape index (κ1) is 28.9. The van der Waals surface area contributed by atoms with Gasteiger partial charge < -0.3 is 29.5 Å². The topological polar surface area (TPSA) is 101 Å². The quantitative estimate of drug-likeness (QED) is 0.504. The van der Waals surface area contributed by atoms with E-state index in [0.29, 0.717) is 62.7 Å². The molecule has 0 saturated carbocycles. The zero-order valence-electron chi connectivity index (χ0n) is 23.4. The monoisotopic (exact) mass is 539 g/mol. The largest absolute Gasteiger partial charge is 0.497 e. The standard InChI is InChI=1S/C30H41N3O6/c1-20-16-33(21(2)19-34)30(36)25-6-5-7-26(31-29(35)23-12-14-38-15-13-23)28(25)39-27(20)18-32(3)17-22-8-10-24(37-4)11-9-22/h5-11,20-21,23,27,34H,12-19H2,1-4H3,(H,31,35)/t20-,21-,27+/m1/s1. The number of methoxy groups -OCH3 is 1. The summed E-state index contributed by atoms with van der Waals surface area (Å²) in [4.78, 5) is 30.7. The number of benzene rings is 2. The van der Waals surface area contributed by atoms with Crippen molar-refractivity contribution in [3.63, 3.8) is 0 Å². The molecule has 1 saturated heterocycles. The number of ether oxygens (including phenoxy) is 3. The predicted octanol–water partition coefficient (Wildman–Crippen LogP) is 3.41. The highest BCUT2D eigenvalue weighted by molar-refractivity contribution is 6.02. The van der Waals surface area contributed by atoms with Crippen molar-refractivity contribution in [1.82, 2.24) is 9.80 Å². The first-order valence-electron chi connectivity index (χ1n) is 13.7. The molecule has 2 amide bonds. The lowest BCUT2D eigenvalue weighted by molar-refractivity contribution is -0.122. The fourth-order valence-electron chi connectivity index (χ4n) is 5.17. The second kappa shape index (κ2) is 13.3. The van der Waals surface area contributed by atoms with Gasteiger partial charge >= 0.3 is 0 Å². The molecule has 2 aliphatic heterocycles. The maximum absolute atomic E-state index is 13.7.